The van der Waals surface area contributed by atoms with E-state index in [9.17, 15) is 4.79 Å². The van der Waals surface area contributed by atoms with Crippen LogP contribution in [0, 0.1) is 12.3 Å². The molecule has 0 atom stereocenters. The molecule has 3 nitrogen and oxygen atoms in total. The lowest BCUT2D eigenvalue weighted by Gasteiger charge is -2.19. The van der Waals surface area contributed by atoms with E-state index in [0.29, 0.717) is 10.6 Å². The number of benzene rings is 1. The summed E-state index contributed by atoms with van der Waals surface area (Å²) < 4.78 is 1.09. The molecule has 0 radical (unpaired) electrons. The van der Waals surface area contributed by atoms with Gasteiger partial charge < -0.3 is 10.6 Å². The molecule has 0 unspecified atom stereocenters. The van der Waals surface area contributed by atoms with Crippen LogP contribution in [0.5, 0.6) is 0 Å². The standard InChI is InChI=1S/C16H20N2OS/c1-10-4-5-12-11(8-10)13(17)14(20-12)15(19)18-7-6-16(2,3)9-18/h4-5,8H,6-7,9,17H2,1-3H3. The monoisotopic (exact) mass is 288 g/mol. The van der Waals surface area contributed by atoms with Crippen molar-refractivity contribution in [1.29, 1.82) is 0 Å². The minimum atomic E-state index is 0.0897. The second-order valence-electron chi connectivity index (χ2n) is 6.49. The summed E-state index contributed by atoms with van der Waals surface area (Å²) in [6, 6.07) is 6.17. The maximum absolute atomic E-state index is 12.7. The van der Waals surface area contributed by atoms with Crippen molar-refractivity contribution >= 4 is 33.0 Å². The highest BCUT2D eigenvalue weighted by atomic mass is 32.1. The zero-order valence-corrected chi connectivity index (χ0v) is 13.0. The number of hydrogen-bond donors (Lipinski definition) is 1. The van der Waals surface area contributed by atoms with Gasteiger partial charge in [0.1, 0.15) is 4.88 Å². The Bertz CT molecular complexity index is 687. The predicted octanol–water partition coefficient (Wildman–Crippen LogP) is 3.66. The van der Waals surface area contributed by atoms with E-state index in [2.05, 4.69) is 32.0 Å². The van der Waals surface area contributed by atoms with Crippen molar-refractivity contribution in [2.24, 2.45) is 5.41 Å². The molecule has 1 amide bonds. The highest BCUT2D eigenvalue weighted by Crippen LogP contribution is 2.37. The van der Waals surface area contributed by atoms with Crippen molar-refractivity contribution in [2.45, 2.75) is 27.2 Å². The number of amides is 1. The summed E-state index contributed by atoms with van der Waals surface area (Å²) in [6.45, 7) is 8.11. The van der Waals surface area contributed by atoms with Gasteiger partial charge in [-0.15, -0.1) is 11.3 Å². The van der Waals surface area contributed by atoms with E-state index in [0.717, 1.165) is 29.6 Å². The Morgan fingerprint density at radius 1 is 1.40 bits per heavy atom. The Morgan fingerprint density at radius 2 is 2.15 bits per heavy atom. The molecule has 0 saturated carbocycles. The largest absolute Gasteiger partial charge is 0.397 e. The Morgan fingerprint density at radius 3 is 2.80 bits per heavy atom. The average Bonchev–Trinajstić information content (AvgIpc) is 2.90. The van der Waals surface area contributed by atoms with Gasteiger partial charge in [-0.1, -0.05) is 25.5 Å². The number of likely N-dealkylation sites (tertiary alicyclic amines) is 1. The van der Waals surface area contributed by atoms with E-state index in [4.69, 9.17) is 5.73 Å². The lowest BCUT2D eigenvalue weighted by atomic mass is 9.93. The zero-order chi connectivity index (χ0) is 14.5. The van der Waals surface area contributed by atoms with Gasteiger partial charge >= 0.3 is 0 Å². The first-order valence-corrected chi connectivity index (χ1v) is 7.77. The molecule has 1 aliphatic heterocycles. The van der Waals surface area contributed by atoms with Crippen LogP contribution >= 0.6 is 11.3 Å². The van der Waals surface area contributed by atoms with Crippen molar-refractivity contribution in [3.8, 4) is 0 Å². The fourth-order valence-corrected chi connectivity index (χ4v) is 3.89. The van der Waals surface area contributed by atoms with Crippen molar-refractivity contribution in [3.05, 3.63) is 28.6 Å². The third kappa shape index (κ3) is 2.18. The number of carbonyl (C=O) groups excluding carboxylic acids is 1. The Kier molecular flexibility index (Phi) is 3.01. The summed E-state index contributed by atoms with van der Waals surface area (Å²) in [4.78, 5) is 15.3. The molecular weight excluding hydrogens is 268 g/mol. The molecule has 0 aliphatic carbocycles. The average molecular weight is 288 g/mol. The van der Waals surface area contributed by atoms with Gasteiger partial charge in [0.15, 0.2) is 0 Å². The summed E-state index contributed by atoms with van der Waals surface area (Å²) in [5.41, 5.74) is 8.24. The molecule has 1 saturated heterocycles. The van der Waals surface area contributed by atoms with Crippen molar-refractivity contribution in [2.75, 3.05) is 18.8 Å². The molecule has 1 aromatic carbocycles. The summed E-state index contributed by atoms with van der Waals surface area (Å²) in [6.07, 6.45) is 1.06. The van der Waals surface area contributed by atoms with Crippen molar-refractivity contribution in [3.63, 3.8) is 0 Å². The molecule has 0 spiro atoms. The van der Waals surface area contributed by atoms with E-state index in [1.165, 1.54) is 16.9 Å². The normalized spacial score (nSPS) is 17.9. The zero-order valence-electron chi connectivity index (χ0n) is 12.2. The number of aryl methyl sites for hydroxylation is 1. The van der Waals surface area contributed by atoms with E-state index < -0.39 is 0 Å². The molecule has 1 aliphatic rings. The van der Waals surface area contributed by atoms with Crippen LogP contribution in [0.3, 0.4) is 0 Å². The summed E-state index contributed by atoms with van der Waals surface area (Å²) in [5, 5.41) is 1.01. The maximum atomic E-state index is 12.7. The molecule has 20 heavy (non-hydrogen) atoms. The Labute approximate surface area is 123 Å². The molecule has 1 aromatic heterocycles. The molecule has 2 N–H and O–H groups in total. The number of thiophene rings is 1. The Hall–Kier alpha value is -1.55. The maximum Gasteiger partial charge on any atom is 0.266 e. The Balaban J connectivity index is 1.98. The van der Waals surface area contributed by atoms with E-state index in [-0.39, 0.29) is 11.3 Å². The third-order valence-corrected chi connectivity index (χ3v) is 5.22. The van der Waals surface area contributed by atoms with Crippen molar-refractivity contribution < 1.29 is 4.79 Å². The number of rotatable bonds is 1. The van der Waals surface area contributed by atoms with Crippen LogP contribution in [0.15, 0.2) is 18.2 Å². The number of nitrogen functional groups attached to an aromatic ring is 1. The van der Waals surface area contributed by atoms with E-state index in [1.54, 1.807) is 0 Å². The first kappa shape index (κ1) is 13.4. The lowest BCUT2D eigenvalue weighted by molar-refractivity contribution is 0.0784. The van der Waals surface area contributed by atoms with Gasteiger partial charge in [-0.3, -0.25) is 4.79 Å². The van der Waals surface area contributed by atoms with E-state index >= 15 is 0 Å². The van der Waals surface area contributed by atoms with Crippen LogP contribution in [-0.2, 0) is 0 Å². The molecule has 3 rings (SSSR count). The highest BCUT2D eigenvalue weighted by molar-refractivity contribution is 7.21. The van der Waals surface area contributed by atoms with Crippen LogP contribution in [0.2, 0.25) is 0 Å². The quantitative estimate of drug-likeness (QED) is 0.870. The van der Waals surface area contributed by atoms with Crippen LogP contribution in [0.1, 0.15) is 35.5 Å². The number of hydrogen-bond acceptors (Lipinski definition) is 3. The molecule has 0 bridgehead atoms. The second-order valence-corrected chi connectivity index (χ2v) is 7.54. The van der Waals surface area contributed by atoms with Gasteiger partial charge in [-0.2, -0.15) is 0 Å². The number of nitrogens with two attached hydrogens (primary N) is 1. The highest BCUT2D eigenvalue weighted by Gasteiger charge is 2.33. The second kappa shape index (κ2) is 4.48. The lowest BCUT2D eigenvalue weighted by Crippen LogP contribution is -2.30. The first-order chi connectivity index (χ1) is 9.37. The van der Waals surface area contributed by atoms with Gasteiger partial charge in [0.25, 0.3) is 5.91 Å². The summed E-state index contributed by atoms with van der Waals surface area (Å²) in [7, 11) is 0. The van der Waals surface area contributed by atoms with Crippen LogP contribution < -0.4 is 5.73 Å². The fraction of sp³-hybridized carbons (Fsp3) is 0.438. The van der Waals surface area contributed by atoms with Gasteiger partial charge in [0, 0.05) is 23.2 Å². The smallest absolute Gasteiger partial charge is 0.266 e. The van der Waals surface area contributed by atoms with Gasteiger partial charge in [0.05, 0.1) is 5.69 Å². The van der Waals surface area contributed by atoms with Crippen LogP contribution in [-0.4, -0.2) is 23.9 Å². The molecule has 4 heteroatoms. The number of fused-ring (bicyclic) bond motifs is 1. The fourth-order valence-electron chi connectivity index (χ4n) is 2.82. The molecular formula is C16H20N2OS. The minimum absolute atomic E-state index is 0.0897. The minimum Gasteiger partial charge on any atom is -0.397 e. The van der Waals surface area contributed by atoms with Gasteiger partial charge in [0.2, 0.25) is 0 Å². The van der Waals surface area contributed by atoms with Crippen molar-refractivity contribution in [1.82, 2.24) is 4.90 Å². The first-order valence-electron chi connectivity index (χ1n) is 6.95. The van der Waals surface area contributed by atoms with E-state index in [1.807, 2.05) is 11.8 Å². The van der Waals surface area contributed by atoms with Crippen LogP contribution in [0.4, 0.5) is 5.69 Å². The number of nitrogens with zero attached hydrogens (tertiary/aromatic N) is 1. The molecule has 106 valence electrons. The summed E-state index contributed by atoms with van der Waals surface area (Å²) >= 11 is 1.51. The van der Waals surface area contributed by atoms with Gasteiger partial charge in [-0.25, -0.2) is 0 Å². The number of anilines is 1. The molecule has 2 aromatic rings. The predicted molar refractivity (Wildman–Crippen MR) is 85.3 cm³/mol. The summed E-state index contributed by atoms with van der Waals surface area (Å²) in [5.74, 6) is 0.0897. The molecule has 2 heterocycles. The van der Waals surface area contributed by atoms with Crippen LogP contribution in [0.25, 0.3) is 10.1 Å². The number of carbonyl (C=O) groups is 1. The SMILES string of the molecule is Cc1ccc2sc(C(=O)N3CCC(C)(C)C3)c(N)c2c1. The molecule has 1 fully saturated rings. The third-order valence-electron chi connectivity index (χ3n) is 4.04. The topological polar surface area (TPSA) is 46.3 Å². The van der Waals surface area contributed by atoms with Gasteiger partial charge in [-0.05, 0) is 30.9 Å².